The summed E-state index contributed by atoms with van der Waals surface area (Å²) in [6.45, 7) is 3.56. The molecule has 9 heteroatoms. The average Bonchev–Trinajstić information content (AvgIpc) is 3.68. The second-order valence-electron chi connectivity index (χ2n) is 9.41. The van der Waals surface area contributed by atoms with Crippen LogP contribution in [0.1, 0.15) is 48.3 Å². The van der Waals surface area contributed by atoms with Crippen molar-refractivity contribution in [3.63, 3.8) is 0 Å². The third kappa shape index (κ3) is 5.25. The zero-order valence-electron chi connectivity index (χ0n) is 22.0. The molecule has 4 aromatic rings. The number of fused-ring (bicyclic) bond motifs is 1. The monoisotopic (exact) mass is 529 g/mol. The molecule has 0 saturated heterocycles. The van der Waals surface area contributed by atoms with E-state index >= 15 is 0 Å². The van der Waals surface area contributed by atoms with E-state index in [2.05, 4.69) is 11.9 Å². The molecule has 1 N–H and O–H groups in total. The summed E-state index contributed by atoms with van der Waals surface area (Å²) in [5.74, 6) is -0.605. The zero-order chi connectivity index (χ0) is 27.4. The number of benzene rings is 2. The Balaban J connectivity index is 1.51. The number of carbonyl (C=O) groups excluding carboxylic acids is 2. The maximum atomic E-state index is 13.8. The van der Waals surface area contributed by atoms with E-state index in [1.54, 1.807) is 50.0 Å². The van der Waals surface area contributed by atoms with Gasteiger partial charge in [-0.2, -0.15) is 0 Å². The molecule has 1 atom stereocenters. The molecule has 0 fully saturated rings. The van der Waals surface area contributed by atoms with Gasteiger partial charge in [-0.15, -0.1) is 0 Å². The number of ketones is 1. The smallest absolute Gasteiger partial charge is 0.290 e. The molecule has 1 amide bonds. The van der Waals surface area contributed by atoms with Gasteiger partial charge in [0.15, 0.2) is 23.0 Å². The number of unbranched alkanes of at least 4 members (excludes halogenated alkanes) is 1. The number of carbonyl (C=O) groups is 2. The van der Waals surface area contributed by atoms with Gasteiger partial charge in [-0.25, -0.2) is 4.98 Å². The number of Topliss-reactive ketones (excluding diaryl/α,β-unsaturated/α-hetero) is 1. The molecule has 39 heavy (non-hydrogen) atoms. The Morgan fingerprint density at radius 1 is 1.10 bits per heavy atom. The number of imidazole rings is 1. The van der Waals surface area contributed by atoms with Crippen molar-refractivity contribution in [3.05, 3.63) is 89.9 Å². The number of methoxy groups -OCH3 is 1. The summed E-state index contributed by atoms with van der Waals surface area (Å²) >= 11 is 0. The van der Waals surface area contributed by atoms with E-state index < -0.39 is 23.5 Å². The Morgan fingerprint density at radius 2 is 1.95 bits per heavy atom. The number of rotatable bonds is 12. The van der Waals surface area contributed by atoms with Gasteiger partial charge in [0.05, 0.1) is 31.7 Å². The van der Waals surface area contributed by atoms with E-state index in [0.29, 0.717) is 48.8 Å². The van der Waals surface area contributed by atoms with Crippen LogP contribution in [-0.2, 0) is 11.3 Å². The maximum absolute atomic E-state index is 13.8. The molecular formula is C30H31N3O6. The van der Waals surface area contributed by atoms with Crippen molar-refractivity contribution in [1.82, 2.24) is 14.5 Å². The van der Waals surface area contributed by atoms with Gasteiger partial charge in [0, 0.05) is 30.9 Å². The third-order valence-corrected chi connectivity index (χ3v) is 6.83. The first-order valence-electron chi connectivity index (χ1n) is 13.1. The minimum atomic E-state index is -0.834. The first kappa shape index (κ1) is 26.1. The highest BCUT2D eigenvalue weighted by Crippen LogP contribution is 2.42. The molecule has 2 aromatic carbocycles. The summed E-state index contributed by atoms with van der Waals surface area (Å²) in [4.78, 5) is 32.7. The van der Waals surface area contributed by atoms with Crippen molar-refractivity contribution in [2.24, 2.45) is 0 Å². The minimum absolute atomic E-state index is 0.0246. The fraction of sp³-hybridized carbons (Fsp3) is 0.300. The second-order valence-corrected chi connectivity index (χ2v) is 9.41. The first-order chi connectivity index (χ1) is 19.0. The number of amides is 1. The van der Waals surface area contributed by atoms with E-state index in [-0.39, 0.29) is 11.3 Å². The maximum Gasteiger partial charge on any atom is 0.290 e. The topological polar surface area (TPSA) is 107 Å². The van der Waals surface area contributed by atoms with E-state index in [9.17, 15) is 14.7 Å². The van der Waals surface area contributed by atoms with Gasteiger partial charge >= 0.3 is 0 Å². The number of aryl methyl sites for hydroxylation is 1. The van der Waals surface area contributed by atoms with Gasteiger partial charge < -0.3 is 28.5 Å². The van der Waals surface area contributed by atoms with Crippen LogP contribution >= 0.6 is 0 Å². The molecule has 3 heterocycles. The largest absolute Gasteiger partial charge is 0.503 e. The summed E-state index contributed by atoms with van der Waals surface area (Å²) in [6, 6.07) is 13.4. The molecule has 1 aliphatic rings. The van der Waals surface area contributed by atoms with Crippen LogP contribution in [-0.4, -0.2) is 51.5 Å². The summed E-state index contributed by atoms with van der Waals surface area (Å²) in [7, 11) is 1.54. The Bertz CT molecular complexity index is 1470. The Morgan fingerprint density at radius 3 is 2.69 bits per heavy atom. The average molecular weight is 530 g/mol. The quantitative estimate of drug-likeness (QED) is 0.191. The molecule has 1 unspecified atom stereocenters. The van der Waals surface area contributed by atoms with Gasteiger partial charge in [0.25, 0.3) is 5.91 Å². The fourth-order valence-corrected chi connectivity index (χ4v) is 4.83. The molecule has 0 bridgehead atoms. The molecule has 9 nitrogen and oxygen atoms in total. The predicted octanol–water partition coefficient (Wildman–Crippen LogP) is 5.49. The van der Waals surface area contributed by atoms with Gasteiger partial charge in [-0.05, 0) is 42.7 Å². The minimum Gasteiger partial charge on any atom is -0.503 e. The first-order valence-corrected chi connectivity index (χ1v) is 13.1. The summed E-state index contributed by atoms with van der Waals surface area (Å²) < 4.78 is 19.2. The Hall–Kier alpha value is -4.53. The lowest BCUT2D eigenvalue weighted by Crippen LogP contribution is -2.32. The lowest BCUT2D eigenvalue weighted by atomic mass is 9.94. The fourth-order valence-electron chi connectivity index (χ4n) is 4.83. The van der Waals surface area contributed by atoms with Gasteiger partial charge in [-0.1, -0.05) is 37.6 Å². The zero-order valence-corrected chi connectivity index (χ0v) is 22.0. The van der Waals surface area contributed by atoms with E-state index in [1.807, 2.05) is 29.0 Å². The highest BCUT2D eigenvalue weighted by atomic mass is 16.5. The molecular weight excluding hydrogens is 498 g/mol. The molecule has 2 aromatic heterocycles. The van der Waals surface area contributed by atoms with Crippen LogP contribution in [0.2, 0.25) is 0 Å². The Kier molecular flexibility index (Phi) is 7.67. The van der Waals surface area contributed by atoms with Crippen LogP contribution < -0.4 is 9.47 Å². The molecule has 0 radical (unpaired) electrons. The van der Waals surface area contributed by atoms with E-state index in [0.717, 1.165) is 18.2 Å². The SMILES string of the molecule is CCCCOc1ccc(C2C(C(=O)c3cc4ccccc4o3)=C(O)C(=O)N2CCCn2ccnc2)cc1OC. The molecule has 0 saturated carbocycles. The Labute approximate surface area is 226 Å². The van der Waals surface area contributed by atoms with E-state index in [4.69, 9.17) is 13.9 Å². The predicted molar refractivity (Wildman–Crippen MR) is 145 cm³/mol. The van der Waals surface area contributed by atoms with E-state index in [1.165, 1.54) is 4.90 Å². The molecule has 1 aliphatic heterocycles. The van der Waals surface area contributed by atoms with Crippen molar-refractivity contribution in [2.45, 2.75) is 38.8 Å². The molecule has 0 spiro atoms. The number of nitrogens with zero attached hydrogens (tertiary/aromatic N) is 3. The number of aliphatic hydroxyl groups is 1. The highest BCUT2D eigenvalue weighted by Gasteiger charge is 2.44. The lowest BCUT2D eigenvalue weighted by molar-refractivity contribution is -0.129. The van der Waals surface area contributed by atoms with Crippen LogP contribution in [0, 0.1) is 0 Å². The van der Waals surface area contributed by atoms with Crippen LogP contribution in [0.5, 0.6) is 11.5 Å². The van der Waals surface area contributed by atoms with Crippen molar-refractivity contribution >= 4 is 22.7 Å². The molecule has 0 aliphatic carbocycles. The molecule has 5 rings (SSSR count). The summed E-state index contributed by atoms with van der Waals surface area (Å²) in [5, 5.41) is 11.8. The summed E-state index contributed by atoms with van der Waals surface area (Å²) in [5.41, 5.74) is 1.15. The second kappa shape index (κ2) is 11.5. The number of furan rings is 1. The number of hydrogen-bond donors (Lipinski definition) is 1. The standard InChI is InChI=1S/C30H31N3O6/c1-3-4-16-38-23-11-10-21(18-24(23)37-2)27-26(28(34)25-17-20-8-5-6-9-22(20)39-25)29(35)30(36)33(27)14-7-13-32-15-12-31-19-32/h5-6,8-12,15,17-19,27,35H,3-4,7,13-14,16H2,1-2H3. The third-order valence-electron chi connectivity index (χ3n) is 6.83. The summed E-state index contributed by atoms with van der Waals surface area (Å²) in [6.07, 6.45) is 7.73. The van der Waals surface area contributed by atoms with Gasteiger partial charge in [-0.3, -0.25) is 9.59 Å². The van der Waals surface area contributed by atoms with Crippen LogP contribution in [0.15, 0.2) is 83.0 Å². The molecule has 202 valence electrons. The van der Waals surface area contributed by atoms with Crippen LogP contribution in [0.25, 0.3) is 11.0 Å². The number of aromatic nitrogens is 2. The number of para-hydroxylation sites is 1. The normalized spacial score (nSPS) is 15.4. The van der Waals surface area contributed by atoms with Gasteiger partial charge in [0.1, 0.15) is 5.58 Å². The van der Waals surface area contributed by atoms with Crippen molar-refractivity contribution < 1.29 is 28.6 Å². The highest BCUT2D eigenvalue weighted by molar-refractivity contribution is 6.16. The van der Waals surface area contributed by atoms with Gasteiger partial charge in [0.2, 0.25) is 5.78 Å². The number of ether oxygens (including phenoxy) is 2. The van der Waals surface area contributed by atoms with Crippen molar-refractivity contribution in [3.8, 4) is 11.5 Å². The number of aliphatic hydroxyl groups excluding tert-OH is 1. The van der Waals surface area contributed by atoms with Crippen LogP contribution in [0.4, 0.5) is 0 Å². The van der Waals surface area contributed by atoms with Crippen molar-refractivity contribution in [2.75, 3.05) is 20.3 Å². The van der Waals surface area contributed by atoms with Crippen molar-refractivity contribution in [1.29, 1.82) is 0 Å². The number of hydrogen-bond acceptors (Lipinski definition) is 7. The lowest BCUT2D eigenvalue weighted by Gasteiger charge is -2.27. The van der Waals surface area contributed by atoms with Crippen LogP contribution in [0.3, 0.4) is 0 Å².